The van der Waals surface area contributed by atoms with E-state index in [2.05, 4.69) is 15.6 Å². The normalized spacial score (nSPS) is 34.6. The monoisotopic (exact) mass is 412 g/mol. The summed E-state index contributed by atoms with van der Waals surface area (Å²) in [6, 6.07) is -0.970. The highest BCUT2D eigenvalue weighted by molar-refractivity contribution is 5.85. The molecule has 160 valence electrons. The minimum absolute atomic E-state index is 0.0731. The fourth-order valence-electron chi connectivity index (χ4n) is 3.57. The van der Waals surface area contributed by atoms with Gasteiger partial charge in [0.1, 0.15) is 30.6 Å². The average Bonchev–Trinajstić information content (AvgIpc) is 3.31. The molecule has 12 nitrogen and oxygen atoms in total. The van der Waals surface area contributed by atoms with Crippen LogP contribution in [0.5, 0.6) is 0 Å². The van der Waals surface area contributed by atoms with E-state index in [4.69, 9.17) is 28.4 Å². The first-order valence-corrected chi connectivity index (χ1v) is 9.31. The predicted octanol–water partition coefficient (Wildman–Crippen LogP) is -1.27. The third-order valence-corrected chi connectivity index (χ3v) is 4.80. The van der Waals surface area contributed by atoms with Gasteiger partial charge < -0.3 is 33.7 Å². The fraction of sp³-hybridized carbons (Fsp3) is 0.765. The fourth-order valence-corrected chi connectivity index (χ4v) is 3.57. The molecule has 2 fully saturated rings. The molecule has 4 rings (SSSR count). The maximum Gasteiger partial charge on any atom is 0.330 e. The summed E-state index contributed by atoms with van der Waals surface area (Å²) < 4.78 is 35.3. The van der Waals surface area contributed by atoms with Crippen molar-refractivity contribution >= 4 is 11.9 Å². The lowest BCUT2D eigenvalue weighted by Gasteiger charge is -2.26. The highest BCUT2D eigenvalue weighted by Crippen LogP contribution is 2.39. The van der Waals surface area contributed by atoms with Gasteiger partial charge >= 0.3 is 5.97 Å². The largest absolute Gasteiger partial charge is 0.467 e. The van der Waals surface area contributed by atoms with Gasteiger partial charge in [0, 0.05) is 0 Å². The van der Waals surface area contributed by atoms with E-state index in [0.29, 0.717) is 12.2 Å². The third-order valence-electron chi connectivity index (χ3n) is 4.80. The Morgan fingerprint density at radius 1 is 1.31 bits per heavy atom. The zero-order valence-electron chi connectivity index (χ0n) is 16.4. The molecule has 4 heterocycles. The summed E-state index contributed by atoms with van der Waals surface area (Å²) in [6.45, 7) is 3.66. The maximum atomic E-state index is 12.4. The summed E-state index contributed by atoms with van der Waals surface area (Å²) in [7, 11) is 1.24. The van der Waals surface area contributed by atoms with E-state index in [0.717, 1.165) is 0 Å². The maximum absolute atomic E-state index is 12.4. The summed E-state index contributed by atoms with van der Waals surface area (Å²) >= 11 is 0. The van der Waals surface area contributed by atoms with Crippen LogP contribution in [0.2, 0.25) is 0 Å². The van der Waals surface area contributed by atoms with Gasteiger partial charge in [-0.25, -0.2) is 9.48 Å². The molecule has 2 bridgehead atoms. The number of rotatable bonds is 1. The summed E-state index contributed by atoms with van der Waals surface area (Å²) in [6.07, 6.45) is -0.441. The van der Waals surface area contributed by atoms with Gasteiger partial charge in [0.2, 0.25) is 5.91 Å². The summed E-state index contributed by atoms with van der Waals surface area (Å²) in [5.74, 6) is -1.93. The number of carbonyl (C=O) groups is 2. The molecular formula is C17H24N4O8. The number of nitrogens with one attached hydrogen (secondary N) is 1. The molecule has 1 aromatic heterocycles. The van der Waals surface area contributed by atoms with Gasteiger partial charge in [0.25, 0.3) is 0 Å². The van der Waals surface area contributed by atoms with Crippen molar-refractivity contribution in [2.45, 2.75) is 63.4 Å². The number of methoxy groups -OCH3 is 1. The van der Waals surface area contributed by atoms with Crippen LogP contribution in [-0.4, -0.2) is 83.6 Å². The molecule has 1 N–H and O–H groups in total. The number of aromatic nitrogens is 3. The molecule has 0 saturated carbocycles. The average molecular weight is 412 g/mol. The molecule has 1 aromatic rings. The Labute approximate surface area is 166 Å². The van der Waals surface area contributed by atoms with Crippen molar-refractivity contribution in [1.82, 2.24) is 20.3 Å². The highest BCUT2D eigenvalue weighted by atomic mass is 16.8. The topological polar surface area (TPSA) is 132 Å². The first-order chi connectivity index (χ1) is 13.8. The molecule has 2 saturated heterocycles. The van der Waals surface area contributed by atoms with Gasteiger partial charge in [-0.2, -0.15) is 0 Å². The molecule has 3 aliphatic heterocycles. The van der Waals surface area contributed by atoms with Crippen LogP contribution >= 0.6 is 0 Å². The van der Waals surface area contributed by atoms with Gasteiger partial charge in [0.05, 0.1) is 33.1 Å². The number of hydrogen-bond donors (Lipinski definition) is 1. The quantitative estimate of drug-likeness (QED) is 0.557. The Morgan fingerprint density at radius 3 is 2.93 bits per heavy atom. The van der Waals surface area contributed by atoms with Crippen molar-refractivity contribution in [3.05, 3.63) is 11.9 Å². The van der Waals surface area contributed by atoms with Crippen LogP contribution in [0.3, 0.4) is 0 Å². The predicted molar refractivity (Wildman–Crippen MR) is 92.1 cm³/mol. The Hall–Kier alpha value is -2.12. The van der Waals surface area contributed by atoms with E-state index in [1.54, 1.807) is 24.7 Å². The van der Waals surface area contributed by atoms with Crippen LogP contribution in [0.1, 0.15) is 19.5 Å². The van der Waals surface area contributed by atoms with E-state index in [1.165, 1.54) is 7.11 Å². The standard InChI is InChI=1S/C17H24N4O8/c1-17(2)28-14-13-11(27-16(14)29-17)5-21-4-9(19-20-21)6-25-7-10(15(23)24-3)18-12(22)8-26-13/h4,10-11,13-14,16H,5-8H2,1-3H3,(H,18,22)/t10-,11+,13-,14+,16+/m0/s1. The first-order valence-electron chi connectivity index (χ1n) is 9.31. The van der Waals surface area contributed by atoms with Crippen molar-refractivity contribution in [2.24, 2.45) is 0 Å². The lowest BCUT2D eigenvalue weighted by Crippen LogP contribution is -2.47. The highest BCUT2D eigenvalue weighted by Gasteiger charge is 2.55. The van der Waals surface area contributed by atoms with Crippen LogP contribution in [0.25, 0.3) is 0 Å². The number of hydrogen-bond acceptors (Lipinski definition) is 10. The van der Waals surface area contributed by atoms with Gasteiger partial charge in [-0.3, -0.25) is 4.79 Å². The molecule has 29 heavy (non-hydrogen) atoms. The van der Waals surface area contributed by atoms with E-state index in [9.17, 15) is 9.59 Å². The number of ether oxygens (including phenoxy) is 6. The molecular weight excluding hydrogens is 388 g/mol. The lowest BCUT2D eigenvalue weighted by molar-refractivity contribution is -0.219. The summed E-state index contributed by atoms with van der Waals surface area (Å²) in [5.41, 5.74) is 0.571. The van der Waals surface area contributed by atoms with Crippen molar-refractivity contribution < 1.29 is 38.0 Å². The third kappa shape index (κ3) is 4.41. The van der Waals surface area contributed by atoms with Crippen molar-refractivity contribution in [3.63, 3.8) is 0 Å². The molecule has 0 spiro atoms. The van der Waals surface area contributed by atoms with Gasteiger partial charge in [-0.05, 0) is 13.8 Å². The molecule has 0 radical (unpaired) electrons. The lowest BCUT2D eigenvalue weighted by atomic mass is 10.1. The Bertz CT molecular complexity index is 768. The van der Waals surface area contributed by atoms with Crippen molar-refractivity contribution in [3.8, 4) is 0 Å². The van der Waals surface area contributed by atoms with Crippen molar-refractivity contribution in [2.75, 3.05) is 20.3 Å². The molecule has 12 heteroatoms. The minimum Gasteiger partial charge on any atom is -0.467 e. The van der Waals surface area contributed by atoms with Crippen LogP contribution < -0.4 is 5.32 Å². The zero-order chi connectivity index (χ0) is 20.6. The molecule has 0 aliphatic carbocycles. The molecule has 5 atom stereocenters. The van der Waals surface area contributed by atoms with E-state index < -0.39 is 48.3 Å². The summed E-state index contributed by atoms with van der Waals surface area (Å²) in [5, 5.41) is 10.7. The molecule has 0 unspecified atom stereocenters. The second kappa shape index (κ2) is 7.95. The second-order valence-electron chi connectivity index (χ2n) is 7.51. The van der Waals surface area contributed by atoms with Crippen LogP contribution in [-0.2, 0) is 51.2 Å². The van der Waals surface area contributed by atoms with Crippen molar-refractivity contribution in [1.29, 1.82) is 0 Å². The number of nitrogens with zero attached hydrogens (tertiary/aromatic N) is 3. The molecule has 0 aromatic carbocycles. The van der Waals surface area contributed by atoms with Gasteiger partial charge in [-0.15, -0.1) is 5.10 Å². The second-order valence-corrected chi connectivity index (χ2v) is 7.51. The van der Waals surface area contributed by atoms with Gasteiger partial charge in [-0.1, -0.05) is 5.21 Å². The van der Waals surface area contributed by atoms with E-state index in [1.807, 2.05) is 0 Å². The summed E-state index contributed by atoms with van der Waals surface area (Å²) in [4.78, 5) is 24.3. The Balaban J connectivity index is 1.54. The number of esters is 1. The SMILES string of the molecule is COC(=O)[C@@H]1COCc2cn(nn2)C[C@H]2O[C@@H]3OC(C)(C)O[C@@H]3[C@H]2OCC(=O)N1. The Morgan fingerprint density at radius 2 is 2.14 bits per heavy atom. The Kier molecular flexibility index (Phi) is 5.53. The van der Waals surface area contributed by atoms with Crippen LogP contribution in [0, 0.1) is 0 Å². The van der Waals surface area contributed by atoms with Crippen LogP contribution in [0.15, 0.2) is 6.20 Å². The molecule has 1 amide bonds. The first kappa shape index (κ1) is 20.2. The van der Waals surface area contributed by atoms with E-state index in [-0.39, 0.29) is 19.8 Å². The number of fused-ring (bicyclic) bond motifs is 5. The minimum atomic E-state index is -0.970. The molecule has 3 aliphatic rings. The van der Waals surface area contributed by atoms with Gasteiger partial charge in [0.15, 0.2) is 18.1 Å². The van der Waals surface area contributed by atoms with Crippen LogP contribution in [0.4, 0.5) is 0 Å². The number of amides is 1. The zero-order valence-corrected chi connectivity index (χ0v) is 16.4. The smallest absolute Gasteiger partial charge is 0.330 e. The number of carbonyl (C=O) groups excluding carboxylic acids is 2. The van der Waals surface area contributed by atoms with E-state index >= 15 is 0 Å².